The summed E-state index contributed by atoms with van der Waals surface area (Å²) >= 11 is 0. The summed E-state index contributed by atoms with van der Waals surface area (Å²) < 4.78 is 63.7. The molecule has 1 N–H and O–H groups in total. The molecule has 0 aliphatic heterocycles. The van der Waals surface area contributed by atoms with E-state index in [0.29, 0.717) is 12.3 Å². The van der Waals surface area contributed by atoms with Crippen molar-refractivity contribution in [2.75, 3.05) is 17.6 Å². The van der Waals surface area contributed by atoms with Gasteiger partial charge in [-0.3, -0.25) is 0 Å². The zero-order valence-corrected chi connectivity index (χ0v) is 12.6. The Balaban J connectivity index is 2.55. The highest BCUT2D eigenvalue weighted by Gasteiger charge is 2.44. The number of halogens is 3. The maximum absolute atomic E-state index is 12.2. The van der Waals surface area contributed by atoms with Gasteiger partial charge in [-0.05, 0) is 31.5 Å². The predicted molar refractivity (Wildman–Crippen MR) is 74.7 cm³/mol. The average molecular weight is 325 g/mol. The lowest BCUT2D eigenvalue weighted by atomic mass is 10.2. The number of nitrogens with one attached hydrogen (secondary N) is 1. The molecule has 1 aromatic rings. The monoisotopic (exact) mass is 325 g/mol. The second-order valence-corrected chi connectivity index (χ2v) is 6.85. The second kappa shape index (κ2) is 7.13. The molecule has 0 saturated heterocycles. The number of hydrogen-bond acceptors (Lipinski definition) is 4. The molecule has 0 aromatic heterocycles. The lowest BCUT2D eigenvalue weighted by Gasteiger charge is -2.11. The molecule has 21 heavy (non-hydrogen) atoms. The maximum Gasteiger partial charge on any atom is 0.497 e. The number of sulfone groups is 1. The molecule has 0 spiro atoms. The molecule has 0 atom stereocenters. The Morgan fingerprint density at radius 1 is 1.29 bits per heavy atom. The SMILES string of the molecule is CC(C)OCc1cccc(NCCS(=O)(=O)C(F)(F)F)c1. The Bertz CT molecular complexity index is 556. The molecule has 0 heterocycles. The van der Waals surface area contributed by atoms with Crippen LogP contribution in [-0.2, 0) is 21.2 Å². The molecule has 0 amide bonds. The van der Waals surface area contributed by atoms with E-state index in [1.165, 1.54) is 0 Å². The van der Waals surface area contributed by atoms with E-state index >= 15 is 0 Å². The highest BCUT2D eigenvalue weighted by Crippen LogP contribution is 2.23. The van der Waals surface area contributed by atoms with Crippen molar-refractivity contribution in [2.24, 2.45) is 0 Å². The van der Waals surface area contributed by atoms with Gasteiger partial charge in [0.15, 0.2) is 0 Å². The zero-order chi connectivity index (χ0) is 16.1. The van der Waals surface area contributed by atoms with Crippen LogP contribution in [0.4, 0.5) is 18.9 Å². The van der Waals surface area contributed by atoms with Crippen LogP contribution in [0.25, 0.3) is 0 Å². The van der Waals surface area contributed by atoms with Crippen LogP contribution in [0.5, 0.6) is 0 Å². The first-order valence-corrected chi connectivity index (χ1v) is 8.00. The molecular weight excluding hydrogens is 307 g/mol. The van der Waals surface area contributed by atoms with Crippen LogP contribution in [0, 0.1) is 0 Å². The van der Waals surface area contributed by atoms with Crippen molar-refractivity contribution in [3.05, 3.63) is 29.8 Å². The van der Waals surface area contributed by atoms with E-state index in [4.69, 9.17) is 4.74 Å². The smallest absolute Gasteiger partial charge is 0.384 e. The first-order valence-electron chi connectivity index (χ1n) is 6.35. The summed E-state index contributed by atoms with van der Waals surface area (Å²) in [6.45, 7) is 3.86. The molecule has 1 rings (SSSR count). The molecule has 0 aliphatic rings. The summed E-state index contributed by atoms with van der Waals surface area (Å²) in [5.74, 6) is -0.997. The van der Waals surface area contributed by atoms with Gasteiger partial charge in [0.25, 0.3) is 0 Å². The van der Waals surface area contributed by atoms with Gasteiger partial charge in [-0.15, -0.1) is 0 Å². The maximum atomic E-state index is 12.2. The number of alkyl halides is 3. The summed E-state index contributed by atoms with van der Waals surface area (Å²) in [5, 5.41) is 2.67. The molecule has 0 saturated carbocycles. The number of rotatable bonds is 7. The first-order chi connectivity index (χ1) is 9.62. The van der Waals surface area contributed by atoms with E-state index in [1.54, 1.807) is 18.2 Å². The molecule has 0 unspecified atom stereocenters. The normalized spacial score (nSPS) is 12.7. The van der Waals surface area contributed by atoms with Crippen molar-refractivity contribution >= 4 is 15.5 Å². The lowest BCUT2D eigenvalue weighted by molar-refractivity contribution is -0.0434. The molecule has 4 nitrogen and oxygen atoms in total. The van der Waals surface area contributed by atoms with Crippen molar-refractivity contribution in [1.29, 1.82) is 0 Å². The quantitative estimate of drug-likeness (QED) is 0.837. The third-order valence-electron chi connectivity index (χ3n) is 2.56. The predicted octanol–water partition coefficient (Wildman–Crippen LogP) is 2.96. The lowest BCUT2D eigenvalue weighted by Crippen LogP contribution is -2.29. The van der Waals surface area contributed by atoms with Crippen LogP contribution in [0.15, 0.2) is 24.3 Å². The fraction of sp³-hybridized carbons (Fsp3) is 0.538. The van der Waals surface area contributed by atoms with Gasteiger partial charge in [0.1, 0.15) is 0 Å². The Kier molecular flexibility index (Phi) is 6.03. The summed E-state index contributed by atoms with van der Waals surface area (Å²) in [7, 11) is -5.09. The van der Waals surface area contributed by atoms with Crippen LogP contribution >= 0.6 is 0 Å². The van der Waals surface area contributed by atoms with Gasteiger partial charge in [0, 0.05) is 12.2 Å². The summed E-state index contributed by atoms with van der Waals surface area (Å²) in [6, 6.07) is 6.90. The molecule has 0 aliphatic carbocycles. The van der Waals surface area contributed by atoms with Crippen molar-refractivity contribution in [2.45, 2.75) is 32.1 Å². The van der Waals surface area contributed by atoms with Crippen LogP contribution in [0.2, 0.25) is 0 Å². The number of hydrogen-bond donors (Lipinski definition) is 1. The molecule has 0 bridgehead atoms. The summed E-state index contributed by atoms with van der Waals surface area (Å²) in [4.78, 5) is 0. The van der Waals surface area contributed by atoms with Gasteiger partial charge in [-0.25, -0.2) is 8.42 Å². The van der Waals surface area contributed by atoms with E-state index < -0.39 is 21.1 Å². The van der Waals surface area contributed by atoms with Crippen LogP contribution in [0.1, 0.15) is 19.4 Å². The van der Waals surface area contributed by atoms with Crippen molar-refractivity contribution in [3.63, 3.8) is 0 Å². The Morgan fingerprint density at radius 2 is 1.95 bits per heavy atom. The van der Waals surface area contributed by atoms with Crippen molar-refractivity contribution < 1.29 is 26.3 Å². The molecule has 8 heteroatoms. The number of benzene rings is 1. The highest BCUT2D eigenvalue weighted by molar-refractivity contribution is 7.92. The minimum atomic E-state index is -5.21. The van der Waals surface area contributed by atoms with Gasteiger partial charge < -0.3 is 10.1 Å². The van der Waals surface area contributed by atoms with Crippen LogP contribution in [-0.4, -0.2) is 32.3 Å². The molecule has 0 fully saturated rings. The fourth-order valence-corrected chi connectivity index (χ4v) is 2.08. The topological polar surface area (TPSA) is 55.4 Å². The molecule has 0 radical (unpaired) electrons. The van der Waals surface area contributed by atoms with Gasteiger partial charge in [-0.2, -0.15) is 13.2 Å². The zero-order valence-electron chi connectivity index (χ0n) is 11.8. The van der Waals surface area contributed by atoms with E-state index in [2.05, 4.69) is 5.32 Å². The second-order valence-electron chi connectivity index (χ2n) is 4.75. The summed E-state index contributed by atoms with van der Waals surface area (Å²) in [6.07, 6.45) is 0.0681. The van der Waals surface area contributed by atoms with E-state index in [9.17, 15) is 21.6 Å². The summed E-state index contributed by atoms with van der Waals surface area (Å²) in [5.41, 5.74) is -3.80. The molecule has 1 aromatic carbocycles. The van der Waals surface area contributed by atoms with Crippen molar-refractivity contribution in [1.82, 2.24) is 0 Å². The highest BCUT2D eigenvalue weighted by atomic mass is 32.2. The Labute approximate surface area is 122 Å². The fourth-order valence-electron chi connectivity index (χ4n) is 1.48. The van der Waals surface area contributed by atoms with Gasteiger partial charge in [0.2, 0.25) is 9.84 Å². The van der Waals surface area contributed by atoms with E-state index in [0.717, 1.165) is 5.56 Å². The van der Waals surface area contributed by atoms with Gasteiger partial charge >= 0.3 is 5.51 Å². The number of ether oxygens (including phenoxy) is 1. The van der Waals surface area contributed by atoms with Gasteiger partial charge in [0.05, 0.1) is 18.5 Å². The third-order valence-corrected chi connectivity index (χ3v) is 4.01. The Morgan fingerprint density at radius 3 is 2.52 bits per heavy atom. The van der Waals surface area contributed by atoms with Crippen LogP contribution < -0.4 is 5.32 Å². The minimum Gasteiger partial charge on any atom is -0.384 e. The Hall–Kier alpha value is -1.28. The average Bonchev–Trinajstić information content (AvgIpc) is 2.35. The largest absolute Gasteiger partial charge is 0.497 e. The van der Waals surface area contributed by atoms with Crippen molar-refractivity contribution in [3.8, 4) is 0 Å². The third kappa shape index (κ3) is 5.92. The van der Waals surface area contributed by atoms with E-state index in [1.807, 2.05) is 19.9 Å². The first kappa shape index (κ1) is 17.8. The van der Waals surface area contributed by atoms with Gasteiger partial charge in [-0.1, -0.05) is 12.1 Å². The minimum absolute atomic E-state index is 0.0681. The van der Waals surface area contributed by atoms with Crippen LogP contribution in [0.3, 0.4) is 0 Å². The number of anilines is 1. The molecule has 120 valence electrons. The standard InChI is InChI=1S/C13H18F3NO3S/c1-10(2)20-9-11-4-3-5-12(8-11)17-6-7-21(18,19)13(14,15)16/h3-5,8,10,17H,6-7,9H2,1-2H3. The molecular formula is C13H18F3NO3S. The van der Waals surface area contributed by atoms with E-state index in [-0.39, 0.29) is 12.6 Å².